The summed E-state index contributed by atoms with van der Waals surface area (Å²) < 4.78 is 4.29. The van der Waals surface area contributed by atoms with E-state index in [2.05, 4.69) is 31.4 Å². The Morgan fingerprint density at radius 3 is 2.80 bits per heavy atom. The number of nitrogens with zero attached hydrogens (tertiary/aromatic N) is 4. The predicted octanol–water partition coefficient (Wildman–Crippen LogP) is 2.37. The molecule has 2 aromatic rings. The largest absolute Gasteiger partial charge is 0.343 e. The Morgan fingerprint density at radius 1 is 1.45 bits per heavy atom. The fourth-order valence-electron chi connectivity index (χ4n) is 2.03. The second-order valence-corrected chi connectivity index (χ2v) is 5.30. The summed E-state index contributed by atoms with van der Waals surface area (Å²) in [5.74, 6) is -0.194. The number of carbonyl (C=O) groups is 1. The Hall–Kier alpha value is -1.63. The lowest BCUT2D eigenvalue weighted by Crippen LogP contribution is -2.29. The molecule has 0 bridgehead atoms. The average molecular weight is 340 g/mol. The van der Waals surface area contributed by atoms with Crippen molar-refractivity contribution in [2.75, 3.05) is 0 Å². The fraction of sp³-hybridized carbons (Fsp3) is 0.462. The van der Waals surface area contributed by atoms with Crippen molar-refractivity contribution in [1.82, 2.24) is 24.9 Å². The minimum absolute atomic E-state index is 0.122. The van der Waals surface area contributed by atoms with Crippen LogP contribution in [0.25, 0.3) is 0 Å². The van der Waals surface area contributed by atoms with Gasteiger partial charge >= 0.3 is 0 Å². The van der Waals surface area contributed by atoms with E-state index in [1.165, 1.54) is 0 Å². The SMILES string of the molecule is CCn1cc(Br)c(C(=O)NC(C)c2ccnn2CC)n1. The summed E-state index contributed by atoms with van der Waals surface area (Å²) in [5.41, 5.74) is 1.38. The molecule has 0 aliphatic rings. The summed E-state index contributed by atoms with van der Waals surface area (Å²) in [7, 11) is 0. The maximum absolute atomic E-state index is 12.3. The highest BCUT2D eigenvalue weighted by atomic mass is 79.9. The molecule has 0 aliphatic heterocycles. The van der Waals surface area contributed by atoms with Crippen molar-refractivity contribution in [3.8, 4) is 0 Å². The van der Waals surface area contributed by atoms with E-state index in [9.17, 15) is 4.79 Å². The van der Waals surface area contributed by atoms with Gasteiger partial charge in [-0.05, 0) is 42.8 Å². The van der Waals surface area contributed by atoms with Crippen molar-refractivity contribution in [2.45, 2.75) is 39.9 Å². The molecular weight excluding hydrogens is 322 g/mol. The predicted molar refractivity (Wildman–Crippen MR) is 79.4 cm³/mol. The third-order valence-corrected chi connectivity index (χ3v) is 3.68. The quantitative estimate of drug-likeness (QED) is 0.909. The van der Waals surface area contributed by atoms with Crippen LogP contribution in [0.15, 0.2) is 22.9 Å². The zero-order valence-electron chi connectivity index (χ0n) is 11.8. The van der Waals surface area contributed by atoms with Gasteiger partial charge in [-0.3, -0.25) is 14.2 Å². The number of nitrogens with one attached hydrogen (secondary N) is 1. The maximum atomic E-state index is 12.3. The van der Waals surface area contributed by atoms with Crippen molar-refractivity contribution < 1.29 is 4.79 Å². The van der Waals surface area contributed by atoms with E-state index in [0.29, 0.717) is 10.2 Å². The summed E-state index contributed by atoms with van der Waals surface area (Å²) in [6, 6.07) is 1.79. The van der Waals surface area contributed by atoms with Gasteiger partial charge in [0.15, 0.2) is 5.69 Å². The van der Waals surface area contributed by atoms with Crippen molar-refractivity contribution in [2.24, 2.45) is 0 Å². The third-order valence-electron chi connectivity index (χ3n) is 3.10. The van der Waals surface area contributed by atoms with Gasteiger partial charge in [-0.1, -0.05) is 0 Å². The lowest BCUT2D eigenvalue weighted by atomic mass is 10.2. The lowest BCUT2D eigenvalue weighted by Gasteiger charge is -2.14. The van der Waals surface area contributed by atoms with Crippen LogP contribution >= 0.6 is 15.9 Å². The molecule has 1 unspecified atom stereocenters. The number of amides is 1. The number of hydrogen-bond acceptors (Lipinski definition) is 3. The molecule has 0 saturated carbocycles. The number of halogens is 1. The van der Waals surface area contributed by atoms with E-state index in [-0.39, 0.29) is 11.9 Å². The average Bonchev–Trinajstić information content (AvgIpc) is 3.04. The first-order valence-corrected chi connectivity index (χ1v) is 7.41. The van der Waals surface area contributed by atoms with Crippen molar-refractivity contribution in [3.05, 3.63) is 34.3 Å². The Bertz CT molecular complexity index is 604. The first-order valence-electron chi connectivity index (χ1n) is 6.62. The van der Waals surface area contributed by atoms with Gasteiger partial charge in [-0.15, -0.1) is 0 Å². The molecule has 2 heterocycles. The molecule has 1 amide bonds. The van der Waals surface area contributed by atoms with E-state index in [4.69, 9.17) is 0 Å². The molecule has 2 aromatic heterocycles. The van der Waals surface area contributed by atoms with Crippen LogP contribution in [0.3, 0.4) is 0 Å². The van der Waals surface area contributed by atoms with Crippen LogP contribution in [0, 0.1) is 0 Å². The first-order chi connectivity index (χ1) is 9.56. The zero-order chi connectivity index (χ0) is 14.7. The highest BCUT2D eigenvalue weighted by Gasteiger charge is 2.19. The maximum Gasteiger partial charge on any atom is 0.273 e. The van der Waals surface area contributed by atoms with Crippen LogP contribution in [0.1, 0.15) is 43.0 Å². The van der Waals surface area contributed by atoms with E-state index in [1.807, 2.05) is 31.5 Å². The summed E-state index contributed by atoms with van der Waals surface area (Å²) >= 11 is 3.36. The number of carbonyl (C=O) groups excluding carboxylic acids is 1. The summed E-state index contributed by atoms with van der Waals surface area (Å²) in [6.45, 7) is 7.43. The molecule has 0 aromatic carbocycles. The molecule has 1 N–H and O–H groups in total. The smallest absolute Gasteiger partial charge is 0.273 e. The highest BCUT2D eigenvalue weighted by molar-refractivity contribution is 9.10. The second-order valence-electron chi connectivity index (χ2n) is 4.45. The molecule has 20 heavy (non-hydrogen) atoms. The lowest BCUT2D eigenvalue weighted by molar-refractivity contribution is 0.0931. The van der Waals surface area contributed by atoms with Crippen molar-refractivity contribution in [3.63, 3.8) is 0 Å². The minimum atomic E-state index is -0.194. The summed E-state index contributed by atoms with van der Waals surface area (Å²) in [4.78, 5) is 12.3. The minimum Gasteiger partial charge on any atom is -0.343 e. The van der Waals surface area contributed by atoms with E-state index >= 15 is 0 Å². The van der Waals surface area contributed by atoms with Gasteiger partial charge in [0.05, 0.1) is 16.2 Å². The summed E-state index contributed by atoms with van der Waals surface area (Å²) in [5, 5.41) is 11.4. The zero-order valence-corrected chi connectivity index (χ0v) is 13.4. The number of rotatable bonds is 5. The molecule has 1 atom stereocenters. The molecule has 7 heteroatoms. The van der Waals surface area contributed by atoms with Crippen molar-refractivity contribution in [1.29, 1.82) is 0 Å². The number of aromatic nitrogens is 4. The highest BCUT2D eigenvalue weighted by Crippen LogP contribution is 2.17. The normalized spacial score (nSPS) is 12.4. The molecule has 0 aliphatic carbocycles. The Balaban J connectivity index is 2.13. The number of hydrogen-bond donors (Lipinski definition) is 1. The standard InChI is InChI=1S/C13H18BrN5O/c1-4-18-8-10(14)12(17-18)13(20)16-9(3)11-6-7-15-19(11)5-2/h6-9H,4-5H2,1-3H3,(H,16,20). The molecule has 0 fully saturated rings. The van der Waals surface area contributed by atoms with Gasteiger partial charge < -0.3 is 5.32 Å². The van der Waals surface area contributed by atoms with E-state index in [0.717, 1.165) is 18.8 Å². The van der Waals surface area contributed by atoms with Crippen LogP contribution < -0.4 is 5.32 Å². The van der Waals surface area contributed by atoms with Crippen LogP contribution in [0.5, 0.6) is 0 Å². The molecule has 0 spiro atoms. The Kier molecular flexibility index (Phi) is 4.59. The van der Waals surface area contributed by atoms with Crippen LogP contribution in [0.2, 0.25) is 0 Å². The molecular formula is C13H18BrN5O. The van der Waals surface area contributed by atoms with Gasteiger partial charge in [-0.2, -0.15) is 10.2 Å². The molecule has 6 nitrogen and oxygen atoms in total. The van der Waals surface area contributed by atoms with Gasteiger partial charge in [-0.25, -0.2) is 0 Å². The monoisotopic (exact) mass is 339 g/mol. The van der Waals surface area contributed by atoms with Gasteiger partial charge in [0.25, 0.3) is 5.91 Å². The molecule has 0 radical (unpaired) electrons. The fourth-order valence-corrected chi connectivity index (χ4v) is 2.52. The second kappa shape index (κ2) is 6.21. The van der Waals surface area contributed by atoms with Gasteiger partial charge in [0.2, 0.25) is 0 Å². The molecule has 0 saturated heterocycles. The van der Waals surface area contributed by atoms with Crippen LogP contribution in [-0.2, 0) is 13.1 Å². The molecule has 2 rings (SSSR count). The van der Waals surface area contributed by atoms with Crippen LogP contribution in [0.4, 0.5) is 0 Å². The number of aryl methyl sites for hydroxylation is 2. The van der Waals surface area contributed by atoms with Crippen LogP contribution in [-0.4, -0.2) is 25.5 Å². The topological polar surface area (TPSA) is 64.7 Å². The first kappa shape index (κ1) is 14.8. The van der Waals surface area contributed by atoms with Gasteiger partial charge in [0, 0.05) is 25.5 Å². The molecule has 108 valence electrons. The van der Waals surface area contributed by atoms with Crippen molar-refractivity contribution >= 4 is 21.8 Å². The Morgan fingerprint density at radius 2 is 2.20 bits per heavy atom. The summed E-state index contributed by atoms with van der Waals surface area (Å²) in [6.07, 6.45) is 3.54. The van der Waals surface area contributed by atoms with E-state index in [1.54, 1.807) is 17.1 Å². The van der Waals surface area contributed by atoms with Gasteiger partial charge in [0.1, 0.15) is 0 Å². The third kappa shape index (κ3) is 2.92. The van der Waals surface area contributed by atoms with E-state index < -0.39 is 0 Å². The Labute approximate surface area is 126 Å².